The molecule has 0 fully saturated rings. The number of rotatable bonds is 1. The van der Waals surface area contributed by atoms with Crippen LogP contribution in [0.2, 0.25) is 0 Å². The fraction of sp³-hybridized carbons (Fsp3) is 0.375. The molecule has 2 atom stereocenters. The van der Waals surface area contributed by atoms with Gasteiger partial charge >= 0.3 is 0 Å². The molecule has 6 nitrogen and oxygen atoms in total. The van der Waals surface area contributed by atoms with Gasteiger partial charge in [0.25, 0.3) is 5.78 Å². The minimum atomic E-state index is -0.972. The van der Waals surface area contributed by atoms with Crippen molar-refractivity contribution in [1.82, 2.24) is 0 Å². The molecule has 1 aromatic carbocycles. The van der Waals surface area contributed by atoms with Gasteiger partial charge in [0, 0.05) is 11.1 Å². The Hall–Kier alpha value is -2.34. The monoisotopic (exact) mass is 304 g/mol. The highest BCUT2D eigenvalue weighted by Crippen LogP contribution is 2.43. The average Bonchev–Trinajstić information content (AvgIpc) is 2.44. The number of hydrogen-bond donors (Lipinski definition) is 2. The number of carbonyl (C=O) groups is 2. The third kappa shape index (κ3) is 1.84. The Morgan fingerprint density at radius 1 is 1.23 bits per heavy atom. The van der Waals surface area contributed by atoms with Gasteiger partial charge in [0.2, 0.25) is 11.5 Å². The molecule has 1 aliphatic heterocycles. The molecule has 2 N–H and O–H groups in total. The lowest BCUT2D eigenvalue weighted by Crippen LogP contribution is -2.28. The number of ether oxygens (including phenoxy) is 2. The number of fused-ring (bicyclic) bond motifs is 2. The van der Waals surface area contributed by atoms with Gasteiger partial charge in [-0.2, -0.15) is 0 Å². The Kier molecular flexibility index (Phi) is 3.21. The Morgan fingerprint density at radius 2 is 1.91 bits per heavy atom. The predicted octanol–water partition coefficient (Wildman–Crippen LogP) is 2.05. The summed E-state index contributed by atoms with van der Waals surface area (Å²) in [6.45, 7) is 3.67. The smallest absolute Gasteiger partial charge is 0.272 e. The van der Waals surface area contributed by atoms with Gasteiger partial charge in [0.15, 0.2) is 5.76 Å². The maximum atomic E-state index is 12.2. The highest BCUT2D eigenvalue weighted by atomic mass is 16.5. The van der Waals surface area contributed by atoms with Crippen LogP contribution in [0.4, 0.5) is 0 Å². The number of phenols is 1. The normalized spacial score (nSPS) is 24.1. The first-order chi connectivity index (χ1) is 10.4. The molecule has 6 heteroatoms. The van der Waals surface area contributed by atoms with Gasteiger partial charge in [0.1, 0.15) is 5.75 Å². The summed E-state index contributed by atoms with van der Waals surface area (Å²) in [5.74, 6) is -2.99. The molecule has 22 heavy (non-hydrogen) atoms. The van der Waals surface area contributed by atoms with E-state index in [-0.39, 0.29) is 23.0 Å². The van der Waals surface area contributed by atoms with E-state index < -0.39 is 29.2 Å². The summed E-state index contributed by atoms with van der Waals surface area (Å²) in [4.78, 5) is 24.2. The number of Topliss-reactive ketones (excluding diaryl/α,β-unsaturated/α-hetero) is 2. The van der Waals surface area contributed by atoms with Gasteiger partial charge in [-0.15, -0.1) is 0 Å². The molecule has 1 aliphatic carbocycles. The molecule has 0 saturated carbocycles. The quantitative estimate of drug-likeness (QED) is 0.771. The molecule has 0 amide bonds. The molecule has 116 valence electrons. The summed E-state index contributed by atoms with van der Waals surface area (Å²) in [5, 5.41) is 20.7. The van der Waals surface area contributed by atoms with Crippen LogP contribution in [0, 0.1) is 0 Å². The third-order valence-electron chi connectivity index (χ3n) is 4.09. The van der Waals surface area contributed by atoms with E-state index in [1.165, 1.54) is 7.11 Å². The summed E-state index contributed by atoms with van der Waals surface area (Å²) < 4.78 is 10.5. The minimum absolute atomic E-state index is 0.0473. The van der Waals surface area contributed by atoms with Gasteiger partial charge in [-0.05, 0) is 31.9 Å². The SMILES string of the molecule is COC1=C(O)c2cc3c(c(O)c2C(=O)C1=O)C(C)OC(C)C3. The number of allylic oxidation sites excluding steroid dienone is 1. The van der Waals surface area contributed by atoms with Crippen LogP contribution in [0.25, 0.3) is 5.76 Å². The second-order valence-electron chi connectivity index (χ2n) is 5.55. The third-order valence-corrected chi connectivity index (χ3v) is 4.09. The first-order valence-electron chi connectivity index (χ1n) is 6.97. The number of aliphatic hydroxyl groups excluding tert-OH is 1. The van der Waals surface area contributed by atoms with E-state index >= 15 is 0 Å². The summed E-state index contributed by atoms with van der Waals surface area (Å²) in [6, 6.07) is 1.62. The largest absolute Gasteiger partial charge is 0.507 e. The molecule has 1 heterocycles. The van der Waals surface area contributed by atoms with Crippen molar-refractivity contribution in [3.8, 4) is 5.75 Å². The van der Waals surface area contributed by atoms with Crippen LogP contribution in [-0.4, -0.2) is 35.0 Å². The van der Waals surface area contributed by atoms with Crippen LogP contribution in [0.1, 0.15) is 47.0 Å². The maximum absolute atomic E-state index is 12.2. The molecule has 2 unspecified atom stereocenters. The van der Waals surface area contributed by atoms with Gasteiger partial charge in [0.05, 0.1) is 24.9 Å². The van der Waals surface area contributed by atoms with E-state index in [0.717, 1.165) is 5.56 Å². The molecule has 2 aliphatic rings. The lowest BCUT2D eigenvalue weighted by Gasteiger charge is -2.31. The standard InChI is InChI=1S/C16H16O6/c1-6-4-8-5-9-11(13(18)10(8)7(2)22-6)14(19)15(20)16(21-3)12(9)17/h5-7,17-18H,4H2,1-3H3. The molecule has 0 bridgehead atoms. The maximum Gasteiger partial charge on any atom is 0.272 e. The fourth-order valence-electron chi connectivity index (χ4n) is 3.19. The molecular weight excluding hydrogens is 288 g/mol. The Morgan fingerprint density at radius 3 is 2.55 bits per heavy atom. The lowest BCUT2D eigenvalue weighted by atomic mass is 9.84. The van der Waals surface area contributed by atoms with E-state index in [9.17, 15) is 19.8 Å². The van der Waals surface area contributed by atoms with E-state index in [2.05, 4.69) is 0 Å². The molecular formula is C16H16O6. The van der Waals surface area contributed by atoms with Gasteiger partial charge in [-0.3, -0.25) is 9.59 Å². The van der Waals surface area contributed by atoms with Crippen molar-refractivity contribution in [1.29, 1.82) is 0 Å². The Labute approximate surface area is 127 Å². The summed E-state index contributed by atoms with van der Waals surface area (Å²) >= 11 is 0. The lowest BCUT2D eigenvalue weighted by molar-refractivity contribution is -0.114. The first kappa shape index (κ1) is 14.6. The second-order valence-corrected chi connectivity index (χ2v) is 5.55. The van der Waals surface area contributed by atoms with Crippen LogP contribution in [-0.2, 0) is 20.7 Å². The number of carbonyl (C=O) groups excluding carboxylic acids is 2. The highest BCUT2D eigenvalue weighted by Gasteiger charge is 2.39. The van der Waals surface area contributed by atoms with E-state index in [1.54, 1.807) is 13.0 Å². The molecule has 0 aromatic heterocycles. The molecule has 0 saturated heterocycles. The number of aromatic hydroxyl groups is 1. The van der Waals surface area contributed by atoms with Crippen molar-refractivity contribution in [2.24, 2.45) is 0 Å². The first-order valence-corrected chi connectivity index (χ1v) is 6.97. The van der Waals surface area contributed by atoms with Crippen molar-refractivity contribution in [2.75, 3.05) is 7.11 Å². The van der Waals surface area contributed by atoms with Crippen molar-refractivity contribution >= 4 is 17.3 Å². The van der Waals surface area contributed by atoms with E-state index in [4.69, 9.17) is 9.47 Å². The number of methoxy groups -OCH3 is 1. The highest BCUT2D eigenvalue weighted by molar-refractivity contribution is 6.52. The number of phenolic OH excluding ortho intramolecular Hbond substituents is 1. The number of hydrogen-bond acceptors (Lipinski definition) is 6. The Bertz CT molecular complexity index is 731. The topological polar surface area (TPSA) is 93.1 Å². The zero-order valence-corrected chi connectivity index (χ0v) is 12.5. The van der Waals surface area contributed by atoms with Gasteiger partial charge < -0.3 is 19.7 Å². The van der Waals surface area contributed by atoms with Gasteiger partial charge in [-0.25, -0.2) is 0 Å². The van der Waals surface area contributed by atoms with Crippen molar-refractivity contribution < 1.29 is 29.3 Å². The number of aliphatic hydroxyl groups is 1. The van der Waals surface area contributed by atoms with Crippen LogP contribution < -0.4 is 0 Å². The van der Waals surface area contributed by atoms with Crippen LogP contribution in [0.5, 0.6) is 5.75 Å². The second kappa shape index (κ2) is 4.84. The summed E-state index contributed by atoms with van der Waals surface area (Å²) in [6.07, 6.45) is 0.0916. The molecule has 3 rings (SSSR count). The van der Waals surface area contributed by atoms with Crippen molar-refractivity contribution in [3.63, 3.8) is 0 Å². The van der Waals surface area contributed by atoms with Crippen molar-refractivity contribution in [2.45, 2.75) is 32.5 Å². The van der Waals surface area contributed by atoms with Crippen LogP contribution in [0.15, 0.2) is 11.8 Å². The molecule has 0 spiro atoms. The van der Waals surface area contributed by atoms with Crippen LogP contribution in [0.3, 0.4) is 0 Å². The fourth-order valence-corrected chi connectivity index (χ4v) is 3.19. The average molecular weight is 304 g/mol. The number of benzene rings is 1. The minimum Gasteiger partial charge on any atom is -0.507 e. The Balaban J connectivity index is 2.33. The van der Waals surface area contributed by atoms with Crippen molar-refractivity contribution in [3.05, 3.63) is 34.1 Å². The van der Waals surface area contributed by atoms with E-state index in [1.807, 2.05) is 6.92 Å². The van der Waals surface area contributed by atoms with E-state index in [0.29, 0.717) is 12.0 Å². The predicted molar refractivity (Wildman–Crippen MR) is 76.7 cm³/mol. The molecule has 1 aromatic rings. The summed E-state index contributed by atoms with van der Waals surface area (Å²) in [7, 11) is 1.21. The van der Waals surface area contributed by atoms with Crippen LogP contribution >= 0.6 is 0 Å². The zero-order valence-electron chi connectivity index (χ0n) is 12.5. The number of ketones is 2. The van der Waals surface area contributed by atoms with Gasteiger partial charge in [-0.1, -0.05) is 0 Å². The summed E-state index contributed by atoms with van der Waals surface area (Å²) in [5.41, 5.74) is 1.21. The molecule has 0 radical (unpaired) electrons. The zero-order chi connectivity index (χ0) is 16.2.